The highest BCUT2D eigenvalue weighted by molar-refractivity contribution is 5.91. The summed E-state index contributed by atoms with van der Waals surface area (Å²) in [5.41, 5.74) is 0.681. The molecular weight excluding hydrogens is 260 g/mol. The fourth-order valence-corrected chi connectivity index (χ4v) is 2.61. The van der Waals surface area contributed by atoms with Crippen molar-refractivity contribution in [2.75, 3.05) is 12.4 Å². The van der Waals surface area contributed by atoms with Crippen molar-refractivity contribution in [3.63, 3.8) is 0 Å². The summed E-state index contributed by atoms with van der Waals surface area (Å²) in [7, 11) is 1.29. The highest BCUT2D eigenvalue weighted by Gasteiger charge is 2.24. The largest absolute Gasteiger partial charge is 0.465 e. The van der Waals surface area contributed by atoms with E-state index in [0.29, 0.717) is 17.2 Å². The summed E-state index contributed by atoms with van der Waals surface area (Å²) in [6.45, 7) is 2.17. The van der Waals surface area contributed by atoms with Crippen molar-refractivity contribution in [3.8, 4) is 0 Å². The van der Waals surface area contributed by atoms with Gasteiger partial charge in [-0.3, -0.25) is 10.1 Å². The lowest BCUT2D eigenvalue weighted by Gasteiger charge is -2.14. The van der Waals surface area contributed by atoms with Gasteiger partial charge in [0.2, 0.25) is 0 Å². The molecule has 1 aliphatic rings. The zero-order valence-corrected chi connectivity index (χ0v) is 11.6. The van der Waals surface area contributed by atoms with E-state index in [0.717, 1.165) is 19.3 Å². The number of hydrogen-bond acceptors (Lipinski definition) is 5. The lowest BCUT2D eigenvalue weighted by Crippen LogP contribution is -2.17. The Labute approximate surface area is 117 Å². The minimum atomic E-state index is -0.497. The average Bonchev–Trinajstić information content (AvgIpc) is 2.82. The average molecular weight is 278 g/mol. The topological polar surface area (TPSA) is 81.5 Å². The normalized spacial score (nSPS) is 21.5. The van der Waals surface area contributed by atoms with Crippen molar-refractivity contribution in [1.29, 1.82) is 0 Å². The van der Waals surface area contributed by atoms with Crippen LogP contribution < -0.4 is 5.32 Å². The van der Waals surface area contributed by atoms with Gasteiger partial charge in [0.15, 0.2) is 0 Å². The number of ether oxygens (including phenoxy) is 1. The van der Waals surface area contributed by atoms with Crippen molar-refractivity contribution in [2.45, 2.75) is 32.2 Å². The van der Waals surface area contributed by atoms with Crippen LogP contribution >= 0.6 is 0 Å². The zero-order chi connectivity index (χ0) is 14.7. The predicted octanol–water partition coefficient (Wildman–Crippen LogP) is 2.98. The van der Waals surface area contributed by atoms with Gasteiger partial charge in [0.1, 0.15) is 5.69 Å². The monoisotopic (exact) mass is 278 g/mol. The molecule has 0 saturated heterocycles. The maximum atomic E-state index is 11.5. The molecule has 6 heteroatoms. The van der Waals surface area contributed by atoms with Crippen molar-refractivity contribution in [3.05, 3.63) is 33.9 Å². The van der Waals surface area contributed by atoms with Gasteiger partial charge in [-0.25, -0.2) is 4.79 Å². The fourth-order valence-electron chi connectivity index (χ4n) is 2.61. The summed E-state index contributed by atoms with van der Waals surface area (Å²) in [6.07, 6.45) is 3.09. The first kappa shape index (κ1) is 14.3. The first-order valence-corrected chi connectivity index (χ1v) is 6.64. The highest BCUT2D eigenvalue weighted by atomic mass is 16.6. The highest BCUT2D eigenvalue weighted by Crippen LogP contribution is 2.32. The number of hydrogen-bond donors (Lipinski definition) is 1. The maximum absolute atomic E-state index is 11.5. The third kappa shape index (κ3) is 3.07. The molecule has 0 bridgehead atoms. The van der Waals surface area contributed by atoms with E-state index in [2.05, 4.69) is 17.0 Å². The second-order valence-corrected chi connectivity index (χ2v) is 5.24. The maximum Gasteiger partial charge on any atom is 0.337 e. The Hall–Kier alpha value is -2.11. The number of carbonyl (C=O) groups excluding carboxylic acids is 1. The smallest absolute Gasteiger partial charge is 0.337 e. The molecule has 2 unspecified atom stereocenters. The van der Waals surface area contributed by atoms with Crippen molar-refractivity contribution < 1.29 is 14.5 Å². The minimum absolute atomic E-state index is 0.0165. The predicted molar refractivity (Wildman–Crippen MR) is 74.9 cm³/mol. The molecule has 6 nitrogen and oxygen atoms in total. The standard InChI is InChI=1S/C14H18N2O4/c1-9-3-5-11(7-9)15-12-8-10(14(17)20-2)4-6-13(12)16(18)19/h4,6,8-9,11,15H,3,5,7H2,1-2H3. The SMILES string of the molecule is COC(=O)c1ccc([N+](=O)[O-])c(NC2CCC(C)C2)c1. The Morgan fingerprint density at radius 2 is 2.20 bits per heavy atom. The Morgan fingerprint density at radius 1 is 1.45 bits per heavy atom. The van der Waals surface area contributed by atoms with E-state index in [1.807, 2.05) is 0 Å². The van der Waals surface area contributed by atoms with Crippen LogP contribution in [0.4, 0.5) is 11.4 Å². The number of nitro benzene ring substituents is 1. The molecule has 20 heavy (non-hydrogen) atoms. The fraction of sp³-hybridized carbons (Fsp3) is 0.500. The van der Waals surface area contributed by atoms with Gasteiger partial charge in [0.25, 0.3) is 5.69 Å². The van der Waals surface area contributed by atoms with Gasteiger partial charge in [-0.15, -0.1) is 0 Å². The van der Waals surface area contributed by atoms with Gasteiger partial charge in [0, 0.05) is 12.1 Å². The van der Waals surface area contributed by atoms with Crippen LogP contribution in [-0.4, -0.2) is 24.0 Å². The number of anilines is 1. The van der Waals surface area contributed by atoms with E-state index >= 15 is 0 Å². The molecule has 1 fully saturated rings. The van der Waals surface area contributed by atoms with Crippen LogP contribution in [0.15, 0.2) is 18.2 Å². The summed E-state index contributed by atoms with van der Waals surface area (Å²) in [5.74, 6) is 0.123. The summed E-state index contributed by atoms with van der Waals surface area (Å²) in [4.78, 5) is 22.1. The molecule has 108 valence electrons. The second kappa shape index (κ2) is 5.90. The van der Waals surface area contributed by atoms with Gasteiger partial charge in [-0.2, -0.15) is 0 Å². The Bertz CT molecular complexity index is 530. The molecule has 1 aliphatic carbocycles. The summed E-state index contributed by atoms with van der Waals surface area (Å²) >= 11 is 0. The minimum Gasteiger partial charge on any atom is -0.465 e. The molecule has 0 aliphatic heterocycles. The van der Waals surface area contributed by atoms with Gasteiger partial charge in [0.05, 0.1) is 17.6 Å². The van der Waals surface area contributed by atoms with Crippen LogP contribution in [0.2, 0.25) is 0 Å². The number of benzene rings is 1. The van der Waals surface area contributed by atoms with E-state index in [4.69, 9.17) is 0 Å². The molecule has 1 aromatic carbocycles. The van der Waals surface area contributed by atoms with Crippen LogP contribution in [0, 0.1) is 16.0 Å². The third-order valence-corrected chi connectivity index (χ3v) is 3.67. The second-order valence-electron chi connectivity index (χ2n) is 5.24. The van der Waals surface area contributed by atoms with Crippen LogP contribution in [0.1, 0.15) is 36.5 Å². The summed E-state index contributed by atoms with van der Waals surface area (Å²) in [6, 6.07) is 4.46. The summed E-state index contributed by atoms with van der Waals surface area (Å²) in [5, 5.41) is 14.3. The van der Waals surface area contributed by atoms with E-state index in [1.165, 1.54) is 25.3 Å². The number of nitro groups is 1. The molecule has 0 radical (unpaired) electrons. The van der Waals surface area contributed by atoms with Crippen LogP contribution in [0.5, 0.6) is 0 Å². The zero-order valence-electron chi connectivity index (χ0n) is 11.6. The van der Waals surface area contributed by atoms with Gasteiger partial charge in [-0.05, 0) is 37.3 Å². The molecule has 2 atom stereocenters. The van der Waals surface area contributed by atoms with E-state index < -0.39 is 10.9 Å². The van der Waals surface area contributed by atoms with Gasteiger partial charge < -0.3 is 10.1 Å². The number of carbonyl (C=O) groups is 1. The molecule has 1 aromatic rings. The molecule has 1 N–H and O–H groups in total. The third-order valence-electron chi connectivity index (χ3n) is 3.67. The van der Waals surface area contributed by atoms with Crippen molar-refractivity contribution in [1.82, 2.24) is 0 Å². The first-order valence-electron chi connectivity index (χ1n) is 6.64. The molecule has 0 aromatic heterocycles. The van der Waals surface area contributed by atoms with Crippen LogP contribution in [-0.2, 0) is 4.74 Å². The van der Waals surface area contributed by atoms with Crippen LogP contribution in [0.3, 0.4) is 0 Å². The molecule has 1 saturated carbocycles. The molecule has 0 spiro atoms. The van der Waals surface area contributed by atoms with Crippen molar-refractivity contribution in [2.24, 2.45) is 5.92 Å². The quantitative estimate of drug-likeness (QED) is 0.520. The van der Waals surface area contributed by atoms with E-state index in [1.54, 1.807) is 0 Å². The molecule has 0 amide bonds. The van der Waals surface area contributed by atoms with E-state index in [-0.39, 0.29) is 11.7 Å². The number of rotatable bonds is 4. The van der Waals surface area contributed by atoms with Gasteiger partial charge >= 0.3 is 5.97 Å². The number of methoxy groups -OCH3 is 1. The van der Waals surface area contributed by atoms with E-state index in [9.17, 15) is 14.9 Å². The van der Waals surface area contributed by atoms with Crippen LogP contribution in [0.25, 0.3) is 0 Å². The first-order chi connectivity index (χ1) is 9.51. The number of nitrogens with one attached hydrogen (secondary N) is 1. The van der Waals surface area contributed by atoms with Gasteiger partial charge in [-0.1, -0.05) is 6.92 Å². The Kier molecular flexibility index (Phi) is 4.22. The number of esters is 1. The van der Waals surface area contributed by atoms with Crippen molar-refractivity contribution >= 4 is 17.3 Å². The molecule has 2 rings (SSSR count). The lowest BCUT2D eigenvalue weighted by molar-refractivity contribution is -0.384. The number of nitrogens with zero attached hydrogens (tertiary/aromatic N) is 1. The summed E-state index contributed by atoms with van der Waals surface area (Å²) < 4.78 is 4.64. The Balaban J connectivity index is 2.27. The molecular formula is C14H18N2O4. The Morgan fingerprint density at radius 3 is 2.75 bits per heavy atom. The lowest BCUT2D eigenvalue weighted by atomic mass is 10.1. The molecule has 0 heterocycles.